The quantitative estimate of drug-likeness (QED) is 0.718. The van der Waals surface area contributed by atoms with Crippen molar-refractivity contribution in [1.29, 1.82) is 0 Å². The van der Waals surface area contributed by atoms with Crippen molar-refractivity contribution in [3.05, 3.63) is 28.3 Å². The minimum absolute atomic E-state index is 0.256. The molecule has 4 N–H and O–H groups in total. The first-order valence-electron chi connectivity index (χ1n) is 4.21. The summed E-state index contributed by atoms with van der Waals surface area (Å²) < 4.78 is 37.7. The fraction of sp³-hybridized carbons (Fsp3) is 0.222. The molecule has 0 radical (unpaired) electrons. The number of aliphatic carboxylic acids is 1. The SMILES string of the molecule is Nc1cc(C(F)(F)F)c(C(O)C(=O)O)cc1Cl. The molecule has 1 atom stereocenters. The lowest BCUT2D eigenvalue weighted by atomic mass is 10.0. The number of rotatable bonds is 2. The van der Waals surface area contributed by atoms with Gasteiger partial charge in [0.1, 0.15) is 0 Å². The van der Waals surface area contributed by atoms with Gasteiger partial charge in [-0.2, -0.15) is 13.2 Å². The maximum absolute atomic E-state index is 12.6. The van der Waals surface area contributed by atoms with Crippen LogP contribution < -0.4 is 5.73 Å². The number of aliphatic hydroxyl groups is 1. The monoisotopic (exact) mass is 269 g/mol. The van der Waals surface area contributed by atoms with Gasteiger partial charge in [-0.15, -0.1) is 0 Å². The summed E-state index contributed by atoms with van der Waals surface area (Å²) in [4.78, 5) is 10.5. The Bertz CT molecular complexity index is 462. The molecule has 0 saturated carbocycles. The Hall–Kier alpha value is -1.47. The number of carboxylic acids is 1. The molecule has 1 rings (SSSR count). The smallest absolute Gasteiger partial charge is 0.416 e. The summed E-state index contributed by atoms with van der Waals surface area (Å²) in [6, 6.07) is 1.18. The van der Waals surface area contributed by atoms with E-state index in [2.05, 4.69) is 0 Å². The molecule has 0 bridgehead atoms. The molecule has 1 unspecified atom stereocenters. The summed E-state index contributed by atoms with van der Waals surface area (Å²) in [7, 11) is 0. The number of nitrogens with two attached hydrogens (primary N) is 1. The molecule has 1 aromatic carbocycles. The van der Waals surface area contributed by atoms with Gasteiger partial charge in [-0.05, 0) is 12.1 Å². The third kappa shape index (κ3) is 2.80. The van der Waals surface area contributed by atoms with Gasteiger partial charge in [-0.3, -0.25) is 0 Å². The Kier molecular flexibility index (Phi) is 3.53. The maximum atomic E-state index is 12.6. The summed E-state index contributed by atoms with van der Waals surface area (Å²) in [5.41, 5.74) is 2.69. The molecule has 0 aliphatic carbocycles. The first-order valence-corrected chi connectivity index (χ1v) is 4.59. The van der Waals surface area contributed by atoms with Crippen molar-refractivity contribution in [1.82, 2.24) is 0 Å². The number of nitrogen functional groups attached to an aromatic ring is 1. The van der Waals surface area contributed by atoms with Gasteiger partial charge in [0.2, 0.25) is 0 Å². The minimum atomic E-state index is -4.83. The number of anilines is 1. The number of halogens is 4. The summed E-state index contributed by atoms with van der Waals surface area (Å²) in [5, 5.41) is 17.4. The highest BCUT2D eigenvalue weighted by molar-refractivity contribution is 6.33. The molecule has 94 valence electrons. The van der Waals surface area contributed by atoms with E-state index in [-0.39, 0.29) is 10.7 Å². The molecule has 0 aromatic heterocycles. The van der Waals surface area contributed by atoms with E-state index in [0.29, 0.717) is 12.1 Å². The molecular formula is C9H7ClF3NO3. The lowest BCUT2D eigenvalue weighted by Crippen LogP contribution is -2.18. The molecular weight excluding hydrogens is 263 g/mol. The van der Waals surface area contributed by atoms with Gasteiger partial charge in [0.25, 0.3) is 0 Å². The zero-order chi connectivity index (χ0) is 13.4. The number of alkyl halides is 3. The van der Waals surface area contributed by atoms with E-state index in [4.69, 9.17) is 27.5 Å². The highest BCUT2D eigenvalue weighted by atomic mass is 35.5. The van der Waals surface area contributed by atoms with Crippen LogP contribution in [0.15, 0.2) is 12.1 Å². The van der Waals surface area contributed by atoms with Crippen LogP contribution in [0, 0.1) is 0 Å². The molecule has 17 heavy (non-hydrogen) atoms. The minimum Gasteiger partial charge on any atom is -0.479 e. The van der Waals surface area contributed by atoms with Crippen LogP contribution in [0.25, 0.3) is 0 Å². The highest BCUT2D eigenvalue weighted by Crippen LogP contribution is 2.38. The van der Waals surface area contributed by atoms with E-state index < -0.39 is 29.4 Å². The summed E-state index contributed by atoms with van der Waals surface area (Å²) in [5.74, 6) is -1.81. The van der Waals surface area contributed by atoms with Crippen molar-refractivity contribution >= 4 is 23.3 Å². The summed E-state index contributed by atoms with van der Waals surface area (Å²) in [6.07, 6.45) is -7.14. The second-order valence-corrected chi connectivity index (χ2v) is 3.61. The van der Waals surface area contributed by atoms with Crippen LogP contribution in [0.5, 0.6) is 0 Å². The maximum Gasteiger partial charge on any atom is 0.416 e. The second kappa shape index (κ2) is 4.42. The predicted octanol–water partition coefficient (Wildman–Crippen LogP) is 2.06. The molecule has 0 amide bonds. The molecule has 0 spiro atoms. The average Bonchev–Trinajstić information content (AvgIpc) is 2.18. The predicted molar refractivity (Wildman–Crippen MR) is 53.5 cm³/mol. The van der Waals surface area contributed by atoms with E-state index in [1.165, 1.54) is 0 Å². The van der Waals surface area contributed by atoms with Crippen molar-refractivity contribution in [2.45, 2.75) is 12.3 Å². The Labute approximate surface area is 98.4 Å². The van der Waals surface area contributed by atoms with Crippen LogP contribution in [0.1, 0.15) is 17.2 Å². The van der Waals surface area contributed by atoms with Crippen molar-refractivity contribution in [2.75, 3.05) is 5.73 Å². The standard InChI is InChI=1S/C9H7ClF3NO3/c10-5-1-3(7(15)8(16)17)4(2-6(5)14)9(11,12)13/h1-2,7,15H,14H2,(H,16,17). The Morgan fingerprint density at radius 3 is 2.35 bits per heavy atom. The second-order valence-electron chi connectivity index (χ2n) is 3.20. The first-order chi connectivity index (χ1) is 7.64. The zero-order valence-electron chi connectivity index (χ0n) is 8.12. The zero-order valence-corrected chi connectivity index (χ0v) is 8.88. The first kappa shape index (κ1) is 13.6. The van der Waals surface area contributed by atoms with Gasteiger partial charge in [0.05, 0.1) is 16.3 Å². The van der Waals surface area contributed by atoms with Gasteiger partial charge in [0, 0.05) is 5.56 Å². The Morgan fingerprint density at radius 1 is 1.41 bits per heavy atom. The third-order valence-electron chi connectivity index (χ3n) is 2.00. The van der Waals surface area contributed by atoms with E-state index in [0.717, 1.165) is 0 Å². The van der Waals surface area contributed by atoms with E-state index >= 15 is 0 Å². The van der Waals surface area contributed by atoms with Crippen LogP contribution in [-0.2, 0) is 11.0 Å². The van der Waals surface area contributed by atoms with Crippen LogP contribution in [0.4, 0.5) is 18.9 Å². The van der Waals surface area contributed by atoms with Crippen molar-refractivity contribution < 1.29 is 28.2 Å². The molecule has 0 heterocycles. The lowest BCUT2D eigenvalue weighted by molar-refractivity contribution is -0.149. The summed E-state index contributed by atoms with van der Waals surface area (Å²) in [6.45, 7) is 0. The number of carbonyl (C=O) groups is 1. The number of hydrogen-bond donors (Lipinski definition) is 3. The summed E-state index contributed by atoms with van der Waals surface area (Å²) >= 11 is 5.49. The van der Waals surface area contributed by atoms with Crippen LogP contribution in [0.3, 0.4) is 0 Å². The van der Waals surface area contributed by atoms with Gasteiger partial charge in [0.15, 0.2) is 6.10 Å². The van der Waals surface area contributed by atoms with E-state index in [1.54, 1.807) is 0 Å². The molecule has 4 nitrogen and oxygen atoms in total. The van der Waals surface area contributed by atoms with Gasteiger partial charge < -0.3 is 15.9 Å². The largest absolute Gasteiger partial charge is 0.479 e. The van der Waals surface area contributed by atoms with Crippen LogP contribution >= 0.6 is 11.6 Å². The average molecular weight is 270 g/mol. The van der Waals surface area contributed by atoms with Gasteiger partial charge in [-0.25, -0.2) is 4.79 Å². The Balaban J connectivity index is 3.46. The number of aliphatic hydroxyl groups excluding tert-OH is 1. The lowest BCUT2D eigenvalue weighted by Gasteiger charge is -2.16. The fourth-order valence-electron chi connectivity index (χ4n) is 1.21. The van der Waals surface area contributed by atoms with E-state index in [9.17, 15) is 18.0 Å². The van der Waals surface area contributed by atoms with Crippen LogP contribution in [-0.4, -0.2) is 16.2 Å². The molecule has 0 aliphatic rings. The molecule has 0 fully saturated rings. The fourth-order valence-corrected chi connectivity index (χ4v) is 1.38. The van der Waals surface area contributed by atoms with Crippen molar-refractivity contribution in [2.24, 2.45) is 0 Å². The van der Waals surface area contributed by atoms with Gasteiger partial charge in [-0.1, -0.05) is 11.6 Å². The molecule has 1 aromatic rings. The number of hydrogen-bond acceptors (Lipinski definition) is 3. The highest BCUT2D eigenvalue weighted by Gasteiger charge is 2.37. The number of carboxylic acid groups (broad SMARTS) is 1. The van der Waals surface area contributed by atoms with Crippen molar-refractivity contribution in [3.63, 3.8) is 0 Å². The van der Waals surface area contributed by atoms with E-state index in [1.807, 2.05) is 0 Å². The van der Waals surface area contributed by atoms with Crippen molar-refractivity contribution in [3.8, 4) is 0 Å². The number of benzene rings is 1. The topological polar surface area (TPSA) is 83.5 Å². The third-order valence-corrected chi connectivity index (χ3v) is 2.33. The molecule has 0 saturated heterocycles. The molecule has 0 aliphatic heterocycles. The molecule has 8 heteroatoms. The van der Waals surface area contributed by atoms with Gasteiger partial charge >= 0.3 is 12.1 Å². The Morgan fingerprint density at radius 2 is 1.94 bits per heavy atom. The van der Waals surface area contributed by atoms with Crippen LogP contribution in [0.2, 0.25) is 5.02 Å². The normalized spacial score (nSPS) is 13.5.